The van der Waals surface area contributed by atoms with Crippen molar-refractivity contribution in [3.63, 3.8) is 0 Å². The zero-order valence-corrected chi connectivity index (χ0v) is 19.8. The number of anilines is 2. The Labute approximate surface area is 216 Å². The van der Waals surface area contributed by atoms with Crippen LogP contribution in [0.1, 0.15) is 21.7 Å². The number of alkyl halides is 6. The number of benzene rings is 1. The van der Waals surface area contributed by atoms with Crippen molar-refractivity contribution in [3.8, 4) is 5.75 Å². The second kappa shape index (κ2) is 9.76. The number of β-amino-alcohol motifs (C(OH)–C–C–N with tert-alkyl or cyclic N) is 1. The Morgan fingerprint density at radius 3 is 2.33 bits per heavy atom. The first-order chi connectivity index (χ1) is 18.4. The number of nitrogens with zero attached hydrogens (tertiary/aromatic N) is 4. The summed E-state index contributed by atoms with van der Waals surface area (Å²) in [4.78, 5) is 23.0. The molecule has 3 aromatic heterocycles. The summed E-state index contributed by atoms with van der Waals surface area (Å²) in [7, 11) is 0. The highest BCUT2D eigenvalue weighted by Crippen LogP contribution is 2.31. The third-order valence-corrected chi connectivity index (χ3v) is 5.97. The molecule has 0 radical (unpaired) electrons. The number of hydrogen-bond donors (Lipinski definition) is 2. The molecule has 4 aromatic rings. The van der Waals surface area contributed by atoms with Gasteiger partial charge in [-0.15, -0.1) is 13.2 Å². The van der Waals surface area contributed by atoms with Crippen molar-refractivity contribution < 1.29 is 41.0 Å². The lowest BCUT2D eigenvalue weighted by atomic mass is 10.2. The Morgan fingerprint density at radius 2 is 1.74 bits per heavy atom. The molecule has 2 N–H and O–H groups in total. The number of aliphatic hydroxyl groups excluding tert-OH is 1. The van der Waals surface area contributed by atoms with E-state index < -0.39 is 36.0 Å². The molecule has 1 aliphatic rings. The van der Waals surface area contributed by atoms with Crippen LogP contribution in [0.3, 0.4) is 0 Å². The molecular weight excluding hydrogens is 532 g/mol. The van der Waals surface area contributed by atoms with Gasteiger partial charge >= 0.3 is 12.5 Å². The Bertz CT molecular complexity index is 1490. The largest absolute Gasteiger partial charge is 0.573 e. The predicted octanol–water partition coefficient (Wildman–Crippen LogP) is 4.83. The third-order valence-electron chi connectivity index (χ3n) is 5.97. The number of ether oxygens (including phenoxy) is 1. The van der Waals surface area contributed by atoms with Gasteiger partial charge in [0, 0.05) is 19.6 Å². The predicted molar refractivity (Wildman–Crippen MR) is 127 cm³/mol. The van der Waals surface area contributed by atoms with E-state index in [0.29, 0.717) is 30.2 Å². The van der Waals surface area contributed by atoms with Crippen LogP contribution in [0.25, 0.3) is 11.0 Å². The summed E-state index contributed by atoms with van der Waals surface area (Å²) in [5.74, 6) is -0.497. The van der Waals surface area contributed by atoms with Crippen LogP contribution >= 0.6 is 0 Å². The Morgan fingerprint density at radius 1 is 1.03 bits per heavy atom. The lowest BCUT2D eigenvalue weighted by Gasteiger charge is -2.36. The van der Waals surface area contributed by atoms with Gasteiger partial charge in [-0.1, -0.05) is 12.1 Å². The van der Waals surface area contributed by atoms with Crippen LogP contribution in [0.2, 0.25) is 0 Å². The molecule has 0 saturated carbocycles. The average molecular weight is 551 g/mol. The normalized spacial score (nSPS) is 14.4. The van der Waals surface area contributed by atoms with Crippen molar-refractivity contribution in [3.05, 3.63) is 77.7 Å². The summed E-state index contributed by atoms with van der Waals surface area (Å²) in [6.07, 6.45) is -8.58. The molecule has 0 atom stereocenters. The van der Waals surface area contributed by atoms with Gasteiger partial charge in [-0.05, 0) is 48.0 Å². The van der Waals surface area contributed by atoms with Crippen LogP contribution in [0.5, 0.6) is 5.75 Å². The van der Waals surface area contributed by atoms with E-state index >= 15 is 0 Å². The minimum absolute atomic E-state index is 0.0256. The molecule has 1 aromatic carbocycles. The zero-order chi connectivity index (χ0) is 27.9. The highest BCUT2D eigenvalue weighted by molar-refractivity contribution is 6.06. The molecule has 204 valence electrons. The van der Waals surface area contributed by atoms with Crippen LogP contribution in [-0.4, -0.2) is 51.1 Å². The number of amides is 1. The van der Waals surface area contributed by atoms with Gasteiger partial charge in [-0.2, -0.15) is 13.2 Å². The van der Waals surface area contributed by atoms with Gasteiger partial charge in [0.2, 0.25) is 0 Å². The van der Waals surface area contributed by atoms with Gasteiger partial charge in [0.15, 0.2) is 0 Å². The first-order valence-electron chi connectivity index (χ1n) is 11.5. The summed E-state index contributed by atoms with van der Waals surface area (Å²) in [6, 6.07) is 11.3. The summed E-state index contributed by atoms with van der Waals surface area (Å²) in [6.45, 7) is 0.824. The van der Waals surface area contributed by atoms with E-state index in [1.807, 2.05) is 4.90 Å². The number of carbonyl (C=O) groups excluding carboxylic acids is 1. The van der Waals surface area contributed by atoms with E-state index in [4.69, 9.17) is 0 Å². The molecule has 5 rings (SSSR count). The minimum atomic E-state index is -4.87. The average Bonchev–Trinajstić information content (AvgIpc) is 3.20. The SMILES string of the molecule is O=C(Nc1ccc(N2CC(O)C2)nc1)c1cc2nc(C(F)(F)F)ccc2n1Cc1ccc(OC(F)(F)F)cc1. The number of carbonyl (C=O) groups is 1. The van der Waals surface area contributed by atoms with Crippen molar-refractivity contribution in [1.82, 2.24) is 14.5 Å². The number of halogens is 6. The van der Waals surface area contributed by atoms with E-state index in [1.54, 1.807) is 12.1 Å². The third kappa shape index (κ3) is 5.90. The maximum Gasteiger partial charge on any atom is 0.573 e. The van der Waals surface area contributed by atoms with E-state index in [0.717, 1.165) is 18.2 Å². The van der Waals surface area contributed by atoms with Crippen LogP contribution in [-0.2, 0) is 12.7 Å². The van der Waals surface area contributed by atoms with E-state index in [1.165, 1.54) is 35.0 Å². The molecule has 1 aliphatic heterocycles. The quantitative estimate of drug-likeness (QED) is 0.334. The van der Waals surface area contributed by atoms with Crippen LogP contribution in [0, 0.1) is 0 Å². The topological polar surface area (TPSA) is 92.5 Å². The molecule has 1 fully saturated rings. The molecule has 4 heterocycles. The Kier molecular flexibility index (Phi) is 6.58. The molecule has 8 nitrogen and oxygen atoms in total. The lowest BCUT2D eigenvalue weighted by Crippen LogP contribution is -2.51. The maximum absolute atomic E-state index is 13.2. The van der Waals surface area contributed by atoms with Crippen molar-refractivity contribution in [1.29, 1.82) is 0 Å². The van der Waals surface area contributed by atoms with Crippen LogP contribution in [0.4, 0.5) is 37.8 Å². The number of fused-ring (bicyclic) bond motifs is 1. The number of rotatable bonds is 6. The van der Waals surface area contributed by atoms with Crippen molar-refractivity contribution in [2.45, 2.75) is 25.2 Å². The van der Waals surface area contributed by atoms with Crippen molar-refractivity contribution in [2.75, 3.05) is 23.3 Å². The number of aromatic nitrogens is 3. The van der Waals surface area contributed by atoms with Gasteiger partial charge in [-0.3, -0.25) is 4.79 Å². The van der Waals surface area contributed by atoms with Gasteiger partial charge < -0.3 is 24.6 Å². The molecule has 0 bridgehead atoms. The molecule has 14 heteroatoms. The fourth-order valence-electron chi connectivity index (χ4n) is 4.12. The Hall–Kier alpha value is -4.33. The van der Waals surface area contributed by atoms with Crippen LogP contribution in [0.15, 0.2) is 60.8 Å². The second-order valence-electron chi connectivity index (χ2n) is 8.82. The number of hydrogen-bond acceptors (Lipinski definition) is 6. The molecule has 1 saturated heterocycles. The van der Waals surface area contributed by atoms with Gasteiger partial charge in [0.1, 0.15) is 23.0 Å². The first-order valence-corrected chi connectivity index (χ1v) is 11.5. The molecule has 0 unspecified atom stereocenters. The summed E-state index contributed by atoms with van der Waals surface area (Å²) in [5, 5.41) is 12.1. The lowest BCUT2D eigenvalue weighted by molar-refractivity contribution is -0.274. The number of pyridine rings is 2. The summed E-state index contributed by atoms with van der Waals surface area (Å²) < 4.78 is 82.5. The van der Waals surface area contributed by atoms with E-state index in [9.17, 15) is 36.2 Å². The standard InChI is InChI=1S/C25H19F6N5O3/c26-24(27,28)21-7-6-19-18(34-21)9-20(36(19)11-14-1-4-17(5-2-14)39-25(29,30)31)23(38)33-15-3-8-22(32-10-15)35-12-16(37)13-35/h1-10,16,37H,11-13H2,(H,33,38). The minimum Gasteiger partial charge on any atom is -0.406 e. The van der Waals surface area contributed by atoms with E-state index in [-0.39, 0.29) is 23.3 Å². The second-order valence-corrected chi connectivity index (χ2v) is 8.82. The molecular formula is C25H19F6N5O3. The molecule has 0 spiro atoms. The van der Waals surface area contributed by atoms with Gasteiger partial charge in [0.05, 0.1) is 29.0 Å². The summed E-state index contributed by atoms with van der Waals surface area (Å²) in [5.41, 5.74) is -0.255. The van der Waals surface area contributed by atoms with E-state index in [2.05, 4.69) is 20.0 Å². The fourth-order valence-corrected chi connectivity index (χ4v) is 4.12. The number of nitrogens with one attached hydrogen (secondary N) is 1. The highest BCUT2D eigenvalue weighted by Gasteiger charge is 2.33. The molecule has 0 aliphatic carbocycles. The monoisotopic (exact) mass is 551 g/mol. The maximum atomic E-state index is 13.2. The number of aliphatic hydroxyl groups is 1. The van der Waals surface area contributed by atoms with Crippen LogP contribution < -0.4 is 15.0 Å². The highest BCUT2D eigenvalue weighted by atomic mass is 19.4. The van der Waals surface area contributed by atoms with Crippen molar-refractivity contribution >= 4 is 28.4 Å². The smallest absolute Gasteiger partial charge is 0.406 e. The molecule has 1 amide bonds. The summed E-state index contributed by atoms with van der Waals surface area (Å²) >= 11 is 0. The van der Waals surface area contributed by atoms with Gasteiger partial charge in [-0.25, -0.2) is 9.97 Å². The van der Waals surface area contributed by atoms with Crippen molar-refractivity contribution in [2.24, 2.45) is 0 Å². The van der Waals surface area contributed by atoms with Gasteiger partial charge in [0.25, 0.3) is 5.91 Å². The first kappa shape index (κ1) is 26.3. The Balaban J connectivity index is 1.44. The molecule has 39 heavy (non-hydrogen) atoms. The zero-order valence-electron chi connectivity index (χ0n) is 19.8. The fraction of sp³-hybridized carbons (Fsp3) is 0.240.